The van der Waals surface area contributed by atoms with E-state index in [4.69, 9.17) is 10.5 Å². The maximum absolute atomic E-state index is 11.4. The molecule has 0 spiro atoms. The van der Waals surface area contributed by atoms with E-state index >= 15 is 0 Å². The number of hydrogen-bond acceptors (Lipinski definition) is 3. The molecule has 13 heavy (non-hydrogen) atoms. The van der Waals surface area contributed by atoms with Crippen LogP contribution in [0, 0.1) is 0 Å². The standard InChI is InChI=1S/C9H18N2O2/c1-13-6-2-5-11-7-8(10)3-4-9(11)12/h8H,2-7,10H2,1H3. The summed E-state index contributed by atoms with van der Waals surface area (Å²) in [6, 6.07) is 0.167. The van der Waals surface area contributed by atoms with Crippen LogP contribution < -0.4 is 5.73 Å². The molecular weight excluding hydrogens is 168 g/mol. The minimum absolute atomic E-state index is 0.167. The molecular formula is C9H18N2O2. The fourth-order valence-corrected chi connectivity index (χ4v) is 1.56. The van der Waals surface area contributed by atoms with Crippen LogP contribution in [0.15, 0.2) is 0 Å². The van der Waals surface area contributed by atoms with Crippen molar-refractivity contribution in [2.75, 3.05) is 26.8 Å². The van der Waals surface area contributed by atoms with Crippen LogP contribution in [0.5, 0.6) is 0 Å². The Balaban J connectivity index is 2.25. The third-order valence-corrected chi connectivity index (χ3v) is 2.31. The molecule has 1 atom stereocenters. The molecule has 0 saturated carbocycles. The predicted octanol–water partition coefficient (Wildman–Crippen LogP) is -0.0274. The van der Waals surface area contributed by atoms with Crippen molar-refractivity contribution in [3.63, 3.8) is 0 Å². The van der Waals surface area contributed by atoms with E-state index in [-0.39, 0.29) is 11.9 Å². The van der Waals surface area contributed by atoms with Gasteiger partial charge in [0.1, 0.15) is 0 Å². The second-order valence-corrected chi connectivity index (χ2v) is 3.48. The Kier molecular flexibility index (Phi) is 4.18. The summed E-state index contributed by atoms with van der Waals surface area (Å²) in [5.74, 6) is 0.234. The molecule has 1 unspecified atom stereocenters. The molecule has 0 aliphatic carbocycles. The van der Waals surface area contributed by atoms with E-state index in [1.807, 2.05) is 4.90 Å². The second kappa shape index (κ2) is 5.19. The van der Waals surface area contributed by atoms with E-state index in [0.29, 0.717) is 19.6 Å². The minimum Gasteiger partial charge on any atom is -0.385 e. The third kappa shape index (κ3) is 3.32. The van der Waals surface area contributed by atoms with Crippen molar-refractivity contribution in [3.8, 4) is 0 Å². The largest absolute Gasteiger partial charge is 0.385 e. The van der Waals surface area contributed by atoms with Gasteiger partial charge in [0.25, 0.3) is 0 Å². The molecule has 1 heterocycles. The fraction of sp³-hybridized carbons (Fsp3) is 0.889. The van der Waals surface area contributed by atoms with Crippen molar-refractivity contribution in [1.82, 2.24) is 4.90 Å². The van der Waals surface area contributed by atoms with Gasteiger partial charge in [-0.05, 0) is 12.8 Å². The average Bonchev–Trinajstić information content (AvgIpc) is 2.11. The molecule has 1 aliphatic heterocycles. The summed E-state index contributed by atoms with van der Waals surface area (Å²) in [5, 5.41) is 0. The zero-order chi connectivity index (χ0) is 9.68. The van der Waals surface area contributed by atoms with Crippen LogP contribution >= 0.6 is 0 Å². The van der Waals surface area contributed by atoms with Crippen molar-refractivity contribution < 1.29 is 9.53 Å². The maximum atomic E-state index is 11.4. The van der Waals surface area contributed by atoms with Crippen LogP contribution in [0.4, 0.5) is 0 Å². The van der Waals surface area contributed by atoms with Gasteiger partial charge in [0.2, 0.25) is 5.91 Å². The number of piperidine rings is 1. The number of nitrogens with zero attached hydrogens (tertiary/aromatic N) is 1. The van der Waals surface area contributed by atoms with E-state index in [0.717, 1.165) is 19.4 Å². The van der Waals surface area contributed by atoms with Crippen LogP contribution in [0.1, 0.15) is 19.3 Å². The summed E-state index contributed by atoms with van der Waals surface area (Å²) in [4.78, 5) is 13.2. The van der Waals surface area contributed by atoms with E-state index in [1.54, 1.807) is 7.11 Å². The highest BCUT2D eigenvalue weighted by molar-refractivity contribution is 5.77. The highest BCUT2D eigenvalue weighted by atomic mass is 16.5. The highest BCUT2D eigenvalue weighted by Gasteiger charge is 2.22. The zero-order valence-corrected chi connectivity index (χ0v) is 8.16. The van der Waals surface area contributed by atoms with Crippen LogP contribution in [-0.4, -0.2) is 43.7 Å². The van der Waals surface area contributed by atoms with E-state index in [9.17, 15) is 4.79 Å². The SMILES string of the molecule is COCCCN1CC(N)CCC1=O. The fourth-order valence-electron chi connectivity index (χ4n) is 1.56. The molecule has 4 heteroatoms. The monoisotopic (exact) mass is 186 g/mol. The molecule has 0 bridgehead atoms. The van der Waals surface area contributed by atoms with Gasteiger partial charge in [0, 0.05) is 39.3 Å². The first kappa shape index (κ1) is 10.5. The molecule has 0 radical (unpaired) electrons. The van der Waals surface area contributed by atoms with Gasteiger partial charge >= 0.3 is 0 Å². The first-order chi connectivity index (χ1) is 6.24. The topological polar surface area (TPSA) is 55.6 Å². The Morgan fingerprint density at radius 3 is 3.15 bits per heavy atom. The van der Waals surface area contributed by atoms with Gasteiger partial charge in [-0.15, -0.1) is 0 Å². The lowest BCUT2D eigenvalue weighted by Crippen LogP contribution is -2.46. The first-order valence-corrected chi connectivity index (χ1v) is 4.76. The van der Waals surface area contributed by atoms with E-state index < -0.39 is 0 Å². The van der Waals surface area contributed by atoms with Crippen LogP contribution in [0.2, 0.25) is 0 Å². The highest BCUT2D eigenvalue weighted by Crippen LogP contribution is 2.09. The van der Waals surface area contributed by atoms with Gasteiger partial charge in [0.05, 0.1) is 0 Å². The van der Waals surface area contributed by atoms with Crippen LogP contribution in [0.3, 0.4) is 0 Å². The van der Waals surface area contributed by atoms with Crippen molar-refractivity contribution in [2.24, 2.45) is 5.73 Å². The maximum Gasteiger partial charge on any atom is 0.222 e. The molecule has 4 nitrogen and oxygen atoms in total. The molecule has 0 aromatic rings. The number of hydrogen-bond donors (Lipinski definition) is 1. The molecule has 0 aromatic carbocycles. The van der Waals surface area contributed by atoms with Gasteiger partial charge in [-0.2, -0.15) is 0 Å². The number of likely N-dealkylation sites (tertiary alicyclic amines) is 1. The van der Waals surface area contributed by atoms with E-state index in [1.165, 1.54) is 0 Å². The van der Waals surface area contributed by atoms with Gasteiger partial charge in [0.15, 0.2) is 0 Å². The molecule has 1 saturated heterocycles. The Morgan fingerprint density at radius 2 is 2.46 bits per heavy atom. The number of nitrogens with two attached hydrogens (primary N) is 1. The molecule has 2 N–H and O–H groups in total. The lowest BCUT2D eigenvalue weighted by molar-refractivity contribution is -0.133. The van der Waals surface area contributed by atoms with Gasteiger partial charge in [-0.3, -0.25) is 4.79 Å². The van der Waals surface area contributed by atoms with Crippen molar-refractivity contribution >= 4 is 5.91 Å². The van der Waals surface area contributed by atoms with Gasteiger partial charge in [-0.1, -0.05) is 0 Å². The molecule has 1 fully saturated rings. The summed E-state index contributed by atoms with van der Waals surface area (Å²) in [5.41, 5.74) is 5.77. The molecule has 0 aromatic heterocycles. The van der Waals surface area contributed by atoms with Crippen molar-refractivity contribution in [1.29, 1.82) is 0 Å². The number of amides is 1. The lowest BCUT2D eigenvalue weighted by atomic mass is 10.1. The number of carbonyl (C=O) groups is 1. The zero-order valence-electron chi connectivity index (χ0n) is 8.16. The predicted molar refractivity (Wildman–Crippen MR) is 50.3 cm³/mol. The minimum atomic E-state index is 0.167. The van der Waals surface area contributed by atoms with Crippen molar-refractivity contribution in [3.05, 3.63) is 0 Å². The number of ether oxygens (including phenoxy) is 1. The molecule has 1 amide bonds. The summed E-state index contributed by atoms with van der Waals surface area (Å²) < 4.78 is 4.93. The van der Waals surface area contributed by atoms with Crippen LogP contribution in [-0.2, 0) is 9.53 Å². The van der Waals surface area contributed by atoms with E-state index in [2.05, 4.69) is 0 Å². The number of rotatable bonds is 4. The normalized spacial score (nSPS) is 23.7. The average molecular weight is 186 g/mol. The molecule has 76 valence electrons. The van der Waals surface area contributed by atoms with Crippen LogP contribution in [0.25, 0.3) is 0 Å². The number of carbonyl (C=O) groups excluding carboxylic acids is 1. The first-order valence-electron chi connectivity index (χ1n) is 4.76. The summed E-state index contributed by atoms with van der Waals surface area (Å²) in [7, 11) is 1.67. The second-order valence-electron chi connectivity index (χ2n) is 3.48. The summed E-state index contributed by atoms with van der Waals surface area (Å²) in [6.45, 7) is 2.20. The Labute approximate surface area is 79.0 Å². The summed E-state index contributed by atoms with van der Waals surface area (Å²) in [6.07, 6.45) is 2.34. The quantitative estimate of drug-likeness (QED) is 0.627. The van der Waals surface area contributed by atoms with Gasteiger partial charge in [-0.25, -0.2) is 0 Å². The molecule has 1 aliphatic rings. The summed E-state index contributed by atoms with van der Waals surface area (Å²) >= 11 is 0. The smallest absolute Gasteiger partial charge is 0.222 e. The van der Waals surface area contributed by atoms with Crippen molar-refractivity contribution in [2.45, 2.75) is 25.3 Å². The van der Waals surface area contributed by atoms with Gasteiger partial charge < -0.3 is 15.4 Å². The Bertz CT molecular complexity index is 173. The molecule has 1 rings (SSSR count). The number of methoxy groups -OCH3 is 1. The Morgan fingerprint density at radius 1 is 1.69 bits per heavy atom. The lowest BCUT2D eigenvalue weighted by Gasteiger charge is -2.30. The third-order valence-electron chi connectivity index (χ3n) is 2.31. The Hall–Kier alpha value is -0.610.